The summed E-state index contributed by atoms with van der Waals surface area (Å²) >= 11 is 0. The second-order valence-electron chi connectivity index (χ2n) is 6.03. The molecule has 1 saturated carbocycles. The van der Waals surface area contributed by atoms with Crippen LogP contribution in [0.4, 0.5) is 0 Å². The fourth-order valence-electron chi connectivity index (χ4n) is 2.68. The molecule has 1 aromatic rings. The SMILES string of the molecule is CCOC(=O)C=C[C@H]1[C@@H](C(=O)OCc2ccccc2)C1(C)C. The van der Waals surface area contributed by atoms with Crippen LogP contribution in [0.1, 0.15) is 26.3 Å². The standard InChI is InChI=1S/C18H22O4/c1-4-21-15(19)11-10-14-16(18(14,2)3)17(20)22-12-13-8-6-5-7-9-13/h5-11,14,16H,4,12H2,1-3H3/t14-,16-/m0/s1. The third-order valence-electron chi connectivity index (χ3n) is 4.11. The smallest absolute Gasteiger partial charge is 0.330 e. The Morgan fingerprint density at radius 2 is 1.86 bits per heavy atom. The number of ether oxygens (including phenoxy) is 2. The Kier molecular flexibility index (Phi) is 5.01. The van der Waals surface area contributed by atoms with Gasteiger partial charge in [0.05, 0.1) is 12.5 Å². The normalized spacial score (nSPS) is 22.3. The lowest BCUT2D eigenvalue weighted by Gasteiger charge is -2.05. The van der Waals surface area contributed by atoms with Gasteiger partial charge in [-0.25, -0.2) is 4.79 Å². The molecule has 0 saturated heterocycles. The highest BCUT2D eigenvalue weighted by Gasteiger charge is 2.61. The van der Waals surface area contributed by atoms with Gasteiger partial charge in [-0.1, -0.05) is 50.3 Å². The van der Waals surface area contributed by atoms with E-state index >= 15 is 0 Å². The quantitative estimate of drug-likeness (QED) is 0.598. The molecule has 0 N–H and O–H groups in total. The van der Waals surface area contributed by atoms with Crippen LogP contribution >= 0.6 is 0 Å². The first-order valence-corrected chi connectivity index (χ1v) is 7.52. The molecule has 0 aliphatic heterocycles. The molecule has 0 bridgehead atoms. The predicted molar refractivity (Wildman–Crippen MR) is 82.8 cm³/mol. The molecule has 118 valence electrons. The summed E-state index contributed by atoms with van der Waals surface area (Å²) in [5.41, 5.74) is 0.782. The zero-order chi connectivity index (χ0) is 16.2. The first-order valence-electron chi connectivity index (χ1n) is 7.52. The van der Waals surface area contributed by atoms with E-state index in [1.54, 1.807) is 13.0 Å². The predicted octanol–water partition coefficient (Wildman–Crippen LogP) is 3.12. The summed E-state index contributed by atoms with van der Waals surface area (Å²) in [5.74, 6) is -0.781. The zero-order valence-electron chi connectivity index (χ0n) is 13.2. The highest BCUT2D eigenvalue weighted by atomic mass is 16.5. The maximum absolute atomic E-state index is 12.2. The average molecular weight is 302 g/mol. The molecular weight excluding hydrogens is 280 g/mol. The average Bonchev–Trinajstić information content (AvgIpc) is 3.05. The van der Waals surface area contributed by atoms with Gasteiger partial charge in [-0.05, 0) is 23.8 Å². The molecule has 2 atom stereocenters. The van der Waals surface area contributed by atoms with Gasteiger partial charge in [-0.3, -0.25) is 4.79 Å². The lowest BCUT2D eigenvalue weighted by molar-refractivity contribution is -0.147. The first-order chi connectivity index (χ1) is 10.5. The van der Waals surface area contributed by atoms with Crippen LogP contribution in [0.15, 0.2) is 42.5 Å². The third kappa shape index (κ3) is 3.75. The molecule has 0 amide bonds. The van der Waals surface area contributed by atoms with Gasteiger partial charge in [0.1, 0.15) is 6.61 Å². The highest BCUT2D eigenvalue weighted by molar-refractivity contribution is 5.83. The maximum Gasteiger partial charge on any atom is 0.330 e. The molecule has 1 aliphatic rings. The van der Waals surface area contributed by atoms with Crippen molar-refractivity contribution in [2.24, 2.45) is 17.3 Å². The molecule has 4 nitrogen and oxygen atoms in total. The van der Waals surface area contributed by atoms with E-state index in [1.807, 2.05) is 44.2 Å². The van der Waals surface area contributed by atoms with Crippen LogP contribution in [-0.4, -0.2) is 18.5 Å². The molecule has 4 heteroatoms. The highest BCUT2D eigenvalue weighted by Crippen LogP contribution is 2.59. The number of hydrogen-bond donors (Lipinski definition) is 0. The number of carbonyl (C=O) groups excluding carboxylic acids is 2. The van der Waals surface area contributed by atoms with Crippen molar-refractivity contribution in [1.29, 1.82) is 0 Å². The van der Waals surface area contributed by atoms with Crippen molar-refractivity contribution in [3.05, 3.63) is 48.0 Å². The number of carbonyl (C=O) groups is 2. The molecule has 0 spiro atoms. The molecule has 1 fully saturated rings. The minimum absolute atomic E-state index is 0.0141. The summed E-state index contributed by atoms with van der Waals surface area (Å²) < 4.78 is 10.2. The Labute approximate surface area is 131 Å². The molecule has 0 unspecified atom stereocenters. The number of allylic oxidation sites excluding steroid dienone is 1. The van der Waals surface area contributed by atoms with E-state index in [2.05, 4.69) is 0 Å². The Hall–Kier alpha value is -2.10. The maximum atomic E-state index is 12.2. The number of esters is 2. The molecule has 0 heterocycles. The van der Waals surface area contributed by atoms with Crippen molar-refractivity contribution in [3.63, 3.8) is 0 Å². The van der Waals surface area contributed by atoms with E-state index in [1.165, 1.54) is 6.08 Å². The summed E-state index contributed by atoms with van der Waals surface area (Å²) in [6.07, 6.45) is 3.16. The van der Waals surface area contributed by atoms with Gasteiger partial charge in [0.15, 0.2) is 0 Å². The molecular formula is C18H22O4. The van der Waals surface area contributed by atoms with Crippen molar-refractivity contribution in [3.8, 4) is 0 Å². The van der Waals surface area contributed by atoms with Crippen LogP contribution in [0, 0.1) is 17.3 Å². The summed E-state index contributed by atoms with van der Waals surface area (Å²) in [7, 11) is 0. The second kappa shape index (κ2) is 6.77. The molecule has 0 radical (unpaired) electrons. The van der Waals surface area contributed by atoms with E-state index in [-0.39, 0.29) is 35.8 Å². The van der Waals surface area contributed by atoms with E-state index in [0.29, 0.717) is 6.61 Å². The van der Waals surface area contributed by atoms with Gasteiger partial charge in [-0.15, -0.1) is 0 Å². The Morgan fingerprint density at radius 3 is 2.50 bits per heavy atom. The van der Waals surface area contributed by atoms with Crippen LogP contribution in [0.5, 0.6) is 0 Å². The van der Waals surface area contributed by atoms with Crippen LogP contribution < -0.4 is 0 Å². The third-order valence-corrected chi connectivity index (χ3v) is 4.11. The van der Waals surface area contributed by atoms with Crippen molar-refractivity contribution < 1.29 is 19.1 Å². The summed E-state index contributed by atoms with van der Waals surface area (Å²) in [6.45, 7) is 6.39. The molecule has 2 rings (SSSR count). The summed E-state index contributed by atoms with van der Waals surface area (Å²) in [5, 5.41) is 0. The number of benzene rings is 1. The van der Waals surface area contributed by atoms with Crippen molar-refractivity contribution in [2.75, 3.05) is 6.61 Å². The number of hydrogen-bond acceptors (Lipinski definition) is 4. The van der Waals surface area contributed by atoms with Gasteiger partial charge < -0.3 is 9.47 Å². The Balaban J connectivity index is 1.89. The van der Waals surface area contributed by atoms with Crippen molar-refractivity contribution in [1.82, 2.24) is 0 Å². The van der Waals surface area contributed by atoms with Crippen LogP contribution in [0.2, 0.25) is 0 Å². The number of rotatable bonds is 6. The second-order valence-corrected chi connectivity index (χ2v) is 6.03. The minimum atomic E-state index is -0.374. The fraction of sp³-hybridized carbons (Fsp3) is 0.444. The minimum Gasteiger partial charge on any atom is -0.463 e. The van der Waals surface area contributed by atoms with Crippen molar-refractivity contribution >= 4 is 11.9 Å². The Bertz CT molecular complexity index is 560. The molecule has 1 aliphatic carbocycles. The lowest BCUT2D eigenvalue weighted by Crippen LogP contribution is -2.10. The van der Waals surface area contributed by atoms with E-state index in [9.17, 15) is 9.59 Å². The topological polar surface area (TPSA) is 52.6 Å². The van der Waals surface area contributed by atoms with Crippen LogP contribution in [0.25, 0.3) is 0 Å². The van der Waals surface area contributed by atoms with Gasteiger partial charge >= 0.3 is 11.9 Å². The largest absolute Gasteiger partial charge is 0.463 e. The molecule has 0 aromatic heterocycles. The Morgan fingerprint density at radius 1 is 1.18 bits per heavy atom. The fourth-order valence-corrected chi connectivity index (χ4v) is 2.68. The van der Waals surface area contributed by atoms with E-state index < -0.39 is 0 Å². The molecule has 1 aromatic carbocycles. The first kappa shape index (κ1) is 16.3. The van der Waals surface area contributed by atoms with Crippen LogP contribution in [0.3, 0.4) is 0 Å². The van der Waals surface area contributed by atoms with Crippen molar-refractivity contribution in [2.45, 2.75) is 27.4 Å². The summed E-state index contributed by atoms with van der Waals surface area (Å²) in [4.78, 5) is 23.6. The van der Waals surface area contributed by atoms with Gasteiger partial charge in [-0.2, -0.15) is 0 Å². The zero-order valence-corrected chi connectivity index (χ0v) is 13.2. The molecule has 22 heavy (non-hydrogen) atoms. The van der Waals surface area contributed by atoms with E-state index in [0.717, 1.165) is 5.56 Å². The van der Waals surface area contributed by atoms with E-state index in [4.69, 9.17) is 9.47 Å². The van der Waals surface area contributed by atoms with Gasteiger partial charge in [0.25, 0.3) is 0 Å². The van der Waals surface area contributed by atoms with Gasteiger partial charge in [0.2, 0.25) is 0 Å². The lowest BCUT2D eigenvalue weighted by atomic mass is 10.1. The van der Waals surface area contributed by atoms with Crippen LogP contribution in [-0.2, 0) is 25.7 Å². The monoisotopic (exact) mass is 302 g/mol. The summed E-state index contributed by atoms with van der Waals surface area (Å²) in [6, 6.07) is 9.59. The van der Waals surface area contributed by atoms with Gasteiger partial charge in [0, 0.05) is 6.08 Å².